The Hall–Kier alpha value is -1.55. The zero-order valence-corrected chi connectivity index (χ0v) is 21.2. The summed E-state index contributed by atoms with van der Waals surface area (Å²) in [5.41, 5.74) is 6.60. The number of halogens is 3. The molecule has 1 aliphatic heterocycles. The molecule has 0 bridgehead atoms. The molecule has 3 aromatic rings. The van der Waals surface area contributed by atoms with Gasteiger partial charge in [0.15, 0.2) is 0 Å². The van der Waals surface area contributed by atoms with Crippen LogP contribution >= 0.6 is 43.5 Å². The number of hydrogen-bond donors (Lipinski definition) is 0. The number of pyridine rings is 1. The van der Waals surface area contributed by atoms with E-state index in [1.807, 2.05) is 12.1 Å². The molecule has 0 aliphatic carbocycles. The summed E-state index contributed by atoms with van der Waals surface area (Å²) < 4.78 is 4.06. The minimum atomic E-state index is 0.512. The molecule has 0 radical (unpaired) electrons. The number of fused-ring (bicyclic) bond motifs is 1. The Morgan fingerprint density at radius 2 is 1.77 bits per heavy atom. The summed E-state index contributed by atoms with van der Waals surface area (Å²) in [5, 5.41) is 10.9. The van der Waals surface area contributed by atoms with Gasteiger partial charge in [-0.05, 0) is 95.2 Å². The maximum Gasteiger partial charge on any atom is 0.147 e. The van der Waals surface area contributed by atoms with Crippen LogP contribution in [0.5, 0.6) is 0 Å². The van der Waals surface area contributed by atoms with Crippen molar-refractivity contribution in [2.45, 2.75) is 40.0 Å². The first-order valence-electron chi connectivity index (χ1n) is 10.1. The summed E-state index contributed by atoms with van der Waals surface area (Å²) in [5.74, 6) is 0.512. The largest absolute Gasteiger partial charge is 0.371 e. The van der Waals surface area contributed by atoms with Crippen LogP contribution in [-0.4, -0.2) is 22.6 Å². The smallest absolute Gasteiger partial charge is 0.147 e. The molecule has 0 unspecified atom stereocenters. The molecule has 4 nitrogen and oxygen atoms in total. The van der Waals surface area contributed by atoms with Gasteiger partial charge in [0.1, 0.15) is 5.65 Å². The van der Waals surface area contributed by atoms with E-state index in [0.717, 1.165) is 57.6 Å². The topological polar surface area (TPSA) is 44.9 Å². The number of benzene rings is 1. The lowest BCUT2D eigenvalue weighted by Gasteiger charge is -2.33. The normalized spacial score (nSPS) is 15.0. The van der Waals surface area contributed by atoms with Gasteiger partial charge in [0.2, 0.25) is 0 Å². The van der Waals surface area contributed by atoms with Gasteiger partial charge in [-0.25, -0.2) is 4.98 Å². The second-order valence-electron chi connectivity index (χ2n) is 8.04. The molecule has 2 aromatic heterocycles. The monoisotopic (exact) mass is 548 g/mol. The van der Waals surface area contributed by atoms with Crippen LogP contribution in [0.3, 0.4) is 0 Å². The minimum Gasteiger partial charge on any atom is -0.371 e. The molecule has 1 fully saturated rings. The molecule has 0 spiro atoms. The molecule has 0 saturated carbocycles. The van der Waals surface area contributed by atoms with Gasteiger partial charge in [-0.1, -0.05) is 11.6 Å². The van der Waals surface area contributed by atoms with E-state index in [0.29, 0.717) is 17.4 Å². The molecule has 1 saturated heterocycles. The first kappa shape index (κ1) is 21.7. The van der Waals surface area contributed by atoms with Crippen molar-refractivity contribution in [1.82, 2.24) is 9.55 Å². The van der Waals surface area contributed by atoms with E-state index in [2.05, 4.69) is 74.2 Å². The zero-order valence-electron chi connectivity index (χ0n) is 17.3. The average Bonchev–Trinajstić information content (AvgIpc) is 2.92. The van der Waals surface area contributed by atoms with Crippen molar-refractivity contribution in [2.75, 3.05) is 18.0 Å². The van der Waals surface area contributed by atoms with E-state index >= 15 is 0 Å². The summed E-state index contributed by atoms with van der Waals surface area (Å²) >= 11 is 13.6. The van der Waals surface area contributed by atoms with Crippen molar-refractivity contribution < 1.29 is 0 Å². The third kappa shape index (κ3) is 3.77. The van der Waals surface area contributed by atoms with E-state index in [4.69, 9.17) is 21.8 Å². The lowest BCUT2D eigenvalue weighted by Crippen LogP contribution is -2.33. The second-order valence-corrected chi connectivity index (χ2v) is 10.2. The minimum absolute atomic E-state index is 0.512. The summed E-state index contributed by atoms with van der Waals surface area (Å²) in [6.07, 6.45) is 2.78. The lowest BCUT2D eigenvalue weighted by molar-refractivity contribution is 0.413. The summed E-state index contributed by atoms with van der Waals surface area (Å²) in [6.45, 7) is 8.32. The number of aryl methyl sites for hydroxylation is 2. The fourth-order valence-corrected chi connectivity index (χ4v) is 6.47. The molecule has 0 atom stereocenters. The number of rotatable bonds is 3. The molecule has 7 heteroatoms. The standard InChI is InChI=1S/C23H23Br2ClN4/c1-13-10-20(29-8-5-16(4-7-27)6-9-29)21-14(2)15(3)30(23(21)28-13)22-18(24)11-17(26)12-19(22)25/h10-12,16H,4-6,8-9H2,1-3H3. The van der Waals surface area contributed by atoms with Crippen molar-refractivity contribution in [3.05, 3.63) is 49.1 Å². The van der Waals surface area contributed by atoms with Crippen LogP contribution in [0.1, 0.15) is 36.2 Å². The molecule has 0 N–H and O–H groups in total. The van der Waals surface area contributed by atoms with E-state index in [1.165, 1.54) is 16.6 Å². The van der Waals surface area contributed by atoms with Crippen LogP contribution in [0.2, 0.25) is 5.02 Å². The molecule has 30 heavy (non-hydrogen) atoms. The molecule has 1 aliphatic rings. The van der Waals surface area contributed by atoms with Crippen LogP contribution in [-0.2, 0) is 0 Å². The van der Waals surface area contributed by atoms with Gasteiger partial charge in [-0.3, -0.25) is 4.57 Å². The molecular formula is C23H23Br2ClN4. The van der Waals surface area contributed by atoms with Crippen molar-refractivity contribution in [1.29, 1.82) is 5.26 Å². The number of anilines is 1. The highest BCUT2D eigenvalue weighted by atomic mass is 79.9. The van der Waals surface area contributed by atoms with Crippen LogP contribution in [0.25, 0.3) is 16.7 Å². The molecular weight excluding hydrogens is 528 g/mol. The number of nitrogens with zero attached hydrogens (tertiary/aromatic N) is 4. The van der Waals surface area contributed by atoms with Gasteiger partial charge in [0.05, 0.1) is 11.8 Å². The Kier molecular flexibility index (Phi) is 6.16. The predicted octanol–water partition coefficient (Wildman–Crippen LogP) is 7.26. The van der Waals surface area contributed by atoms with E-state index in [9.17, 15) is 0 Å². The van der Waals surface area contributed by atoms with Crippen LogP contribution in [0, 0.1) is 38.0 Å². The van der Waals surface area contributed by atoms with Crippen LogP contribution in [0.15, 0.2) is 27.1 Å². The van der Waals surface area contributed by atoms with E-state index in [-0.39, 0.29) is 0 Å². The Balaban J connectivity index is 1.89. The van der Waals surface area contributed by atoms with E-state index < -0.39 is 0 Å². The Labute approximate surface area is 199 Å². The van der Waals surface area contributed by atoms with Gasteiger partial charge < -0.3 is 4.90 Å². The fourth-order valence-electron chi connectivity index (χ4n) is 4.45. The van der Waals surface area contributed by atoms with Crippen molar-refractivity contribution >= 4 is 60.2 Å². The third-order valence-corrected chi connectivity index (χ3v) is 7.54. The summed E-state index contributed by atoms with van der Waals surface area (Å²) in [6, 6.07) is 8.37. The van der Waals surface area contributed by atoms with Crippen molar-refractivity contribution in [3.63, 3.8) is 0 Å². The van der Waals surface area contributed by atoms with Gasteiger partial charge in [-0.2, -0.15) is 5.26 Å². The third-order valence-electron chi connectivity index (χ3n) is 6.11. The van der Waals surface area contributed by atoms with Crippen LogP contribution in [0.4, 0.5) is 5.69 Å². The Bertz CT molecular complexity index is 1150. The van der Waals surface area contributed by atoms with Gasteiger partial charge >= 0.3 is 0 Å². The molecule has 1 aromatic carbocycles. The van der Waals surface area contributed by atoms with E-state index in [1.54, 1.807) is 0 Å². The number of hydrogen-bond acceptors (Lipinski definition) is 3. The first-order valence-corrected chi connectivity index (χ1v) is 12.0. The average molecular weight is 551 g/mol. The second kappa shape index (κ2) is 8.53. The van der Waals surface area contributed by atoms with Crippen LogP contribution < -0.4 is 4.90 Å². The summed E-state index contributed by atoms with van der Waals surface area (Å²) in [7, 11) is 0. The van der Waals surface area contributed by atoms with Gasteiger partial charge in [0.25, 0.3) is 0 Å². The SMILES string of the molecule is Cc1cc(N2CCC(CC#N)CC2)c2c(C)c(C)n(-c3c(Br)cc(Cl)cc3Br)c2n1. The molecule has 0 amide bonds. The lowest BCUT2D eigenvalue weighted by atomic mass is 9.93. The number of piperidine rings is 1. The summed E-state index contributed by atoms with van der Waals surface area (Å²) in [4.78, 5) is 7.42. The highest BCUT2D eigenvalue weighted by Crippen LogP contribution is 2.41. The Morgan fingerprint density at radius 3 is 2.37 bits per heavy atom. The van der Waals surface area contributed by atoms with Crippen molar-refractivity contribution in [2.24, 2.45) is 5.92 Å². The number of aromatic nitrogens is 2. The Morgan fingerprint density at radius 1 is 1.13 bits per heavy atom. The molecule has 156 valence electrons. The molecule has 4 rings (SSSR count). The van der Waals surface area contributed by atoms with Gasteiger partial charge in [0, 0.05) is 55.9 Å². The predicted molar refractivity (Wildman–Crippen MR) is 131 cm³/mol. The highest BCUT2D eigenvalue weighted by molar-refractivity contribution is 9.11. The maximum atomic E-state index is 9.03. The highest BCUT2D eigenvalue weighted by Gasteiger charge is 2.25. The quantitative estimate of drug-likeness (QED) is 0.345. The van der Waals surface area contributed by atoms with Crippen molar-refractivity contribution in [3.8, 4) is 11.8 Å². The fraction of sp³-hybridized carbons (Fsp3) is 0.391. The zero-order chi connectivity index (χ0) is 21.6. The number of nitriles is 1. The van der Waals surface area contributed by atoms with Gasteiger partial charge in [-0.15, -0.1) is 0 Å². The maximum absolute atomic E-state index is 9.03. The first-order chi connectivity index (χ1) is 14.3. The molecule has 3 heterocycles.